The molecule has 0 aliphatic rings. The van der Waals surface area contributed by atoms with Crippen LogP contribution in [0.4, 0.5) is 15.3 Å². The third-order valence-electron chi connectivity index (χ3n) is 3.31. The Labute approximate surface area is 122 Å². The Kier molecular flexibility index (Phi) is 2.40. The number of anilines is 2. The summed E-state index contributed by atoms with van der Waals surface area (Å²) in [6.45, 7) is 0. The highest BCUT2D eigenvalue weighted by Gasteiger charge is 2.15. The minimum atomic E-state index is -0.333. The van der Waals surface area contributed by atoms with Crippen LogP contribution in [0.2, 0.25) is 0 Å². The maximum atomic E-state index is 13.9. The Morgan fingerprint density at radius 2 is 1.95 bits per heavy atom. The minimum Gasteiger partial charge on any atom is -0.384 e. The van der Waals surface area contributed by atoms with Gasteiger partial charge in [0.15, 0.2) is 5.13 Å². The minimum absolute atomic E-state index is 0.333. The summed E-state index contributed by atoms with van der Waals surface area (Å²) in [6.07, 6.45) is 1.77. The maximum absolute atomic E-state index is 13.9. The molecule has 21 heavy (non-hydrogen) atoms. The van der Waals surface area contributed by atoms with E-state index in [0.29, 0.717) is 32.4 Å². The van der Waals surface area contributed by atoms with E-state index in [-0.39, 0.29) is 5.82 Å². The highest BCUT2D eigenvalue weighted by molar-refractivity contribution is 7.22. The number of rotatable bonds is 1. The van der Waals surface area contributed by atoms with Crippen LogP contribution in [0.15, 0.2) is 30.5 Å². The van der Waals surface area contributed by atoms with E-state index >= 15 is 0 Å². The number of hydrogen-bond donors (Lipinski definition) is 3. The van der Waals surface area contributed by atoms with Gasteiger partial charge in [0.1, 0.15) is 17.3 Å². The zero-order valence-electron chi connectivity index (χ0n) is 10.7. The fraction of sp³-hybridized carbons (Fsp3) is 0. The third-order valence-corrected chi connectivity index (χ3v) is 4.15. The van der Waals surface area contributed by atoms with E-state index in [9.17, 15) is 4.39 Å². The quantitative estimate of drug-likeness (QED) is 0.503. The van der Waals surface area contributed by atoms with Crippen molar-refractivity contribution in [2.75, 3.05) is 11.5 Å². The second-order valence-electron chi connectivity index (χ2n) is 4.69. The summed E-state index contributed by atoms with van der Waals surface area (Å²) in [4.78, 5) is 11.5. The number of nitrogens with two attached hydrogens (primary N) is 2. The maximum Gasteiger partial charge on any atom is 0.181 e. The summed E-state index contributed by atoms with van der Waals surface area (Å²) in [7, 11) is 0. The Hall–Kier alpha value is -2.67. The Balaban J connectivity index is 2.15. The first-order valence-electron chi connectivity index (χ1n) is 6.21. The number of nitrogens with one attached hydrogen (secondary N) is 1. The van der Waals surface area contributed by atoms with Crippen molar-refractivity contribution in [3.63, 3.8) is 0 Å². The average Bonchev–Trinajstić information content (AvgIpc) is 3.01. The van der Waals surface area contributed by atoms with Crippen LogP contribution in [0.3, 0.4) is 0 Å². The molecule has 3 aromatic heterocycles. The van der Waals surface area contributed by atoms with Crippen molar-refractivity contribution < 1.29 is 4.39 Å². The first-order valence-corrected chi connectivity index (χ1v) is 7.03. The van der Waals surface area contributed by atoms with Crippen LogP contribution in [-0.4, -0.2) is 15.0 Å². The molecule has 7 heteroatoms. The van der Waals surface area contributed by atoms with Gasteiger partial charge >= 0.3 is 0 Å². The predicted molar refractivity (Wildman–Crippen MR) is 83.5 cm³/mol. The molecule has 3 heterocycles. The number of nitrogen functional groups attached to an aromatic ring is 2. The van der Waals surface area contributed by atoms with Gasteiger partial charge in [-0.3, -0.25) is 0 Å². The van der Waals surface area contributed by atoms with Crippen molar-refractivity contribution >= 4 is 43.5 Å². The second-order valence-corrected chi connectivity index (χ2v) is 5.75. The molecule has 0 aliphatic heterocycles. The Bertz CT molecular complexity index is 988. The summed E-state index contributed by atoms with van der Waals surface area (Å²) >= 11 is 1.26. The SMILES string of the molecule is Nc1cc(-c2cc(F)cc3sc(N)nc23)c2cc[nH]c2n1. The van der Waals surface area contributed by atoms with E-state index in [1.807, 2.05) is 6.07 Å². The molecule has 0 aliphatic carbocycles. The highest BCUT2D eigenvalue weighted by atomic mass is 32.1. The zero-order valence-corrected chi connectivity index (χ0v) is 11.5. The van der Waals surface area contributed by atoms with Gasteiger partial charge in [-0.1, -0.05) is 11.3 Å². The molecule has 0 fully saturated rings. The lowest BCUT2D eigenvalue weighted by molar-refractivity contribution is 0.630. The molecule has 0 spiro atoms. The van der Waals surface area contributed by atoms with Gasteiger partial charge in [0.05, 0.1) is 10.2 Å². The molecule has 104 valence electrons. The molecule has 1 aromatic carbocycles. The predicted octanol–water partition coefficient (Wildman–Crippen LogP) is 3.14. The topological polar surface area (TPSA) is 93.6 Å². The molecule has 5 N–H and O–H groups in total. The van der Waals surface area contributed by atoms with E-state index in [4.69, 9.17) is 11.5 Å². The molecule has 4 aromatic rings. The van der Waals surface area contributed by atoms with Gasteiger partial charge in [-0.25, -0.2) is 14.4 Å². The fourth-order valence-electron chi connectivity index (χ4n) is 2.50. The summed E-state index contributed by atoms with van der Waals surface area (Å²) < 4.78 is 14.6. The van der Waals surface area contributed by atoms with Gasteiger partial charge < -0.3 is 16.5 Å². The van der Waals surface area contributed by atoms with Gasteiger partial charge in [0.2, 0.25) is 0 Å². The fourth-order valence-corrected chi connectivity index (χ4v) is 3.28. The molecule has 0 saturated carbocycles. The van der Waals surface area contributed by atoms with Gasteiger partial charge in [-0.15, -0.1) is 0 Å². The number of aromatic nitrogens is 3. The van der Waals surface area contributed by atoms with Gasteiger partial charge in [0.25, 0.3) is 0 Å². The number of thiazole rings is 1. The van der Waals surface area contributed by atoms with Crippen molar-refractivity contribution in [2.24, 2.45) is 0 Å². The lowest BCUT2D eigenvalue weighted by atomic mass is 10.0. The number of benzene rings is 1. The van der Waals surface area contributed by atoms with Crippen LogP contribution >= 0.6 is 11.3 Å². The molecule has 0 atom stereocenters. The van der Waals surface area contributed by atoms with E-state index in [1.54, 1.807) is 12.3 Å². The van der Waals surface area contributed by atoms with Gasteiger partial charge in [-0.05, 0) is 29.8 Å². The third kappa shape index (κ3) is 1.82. The van der Waals surface area contributed by atoms with Crippen molar-refractivity contribution in [3.8, 4) is 11.1 Å². The Morgan fingerprint density at radius 1 is 1.10 bits per heavy atom. The largest absolute Gasteiger partial charge is 0.384 e. The molecule has 0 radical (unpaired) electrons. The zero-order chi connectivity index (χ0) is 14.6. The molecule has 4 rings (SSSR count). The van der Waals surface area contributed by atoms with Crippen LogP contribution in [0.5, 0.6) is 0 Å². The smallest absolute Gasteiger partial charge is 0.181 e. The van der Waals surface area contributed by atoms with Crippen LogP contribution in [0.25, 0.3) is 32.4 Å². The lowest BCUT2D eigenvalue weighted by Gasteiger charge is -2.06. The Morgan fingerprint density at radius 3 is 2.81 bits per heavy atom. The number of halogens is 1. The second kappa shape index (κ2) is 4.16. The van der Waals surface area contributed by atoms with Crippen LogP contribution in [0.1, 0.15) is 0 Å². The van der Waals surface area contributed by atoms with Crippen LogP contribution in [0, 0.1) is 5.82 Å². The lowest BCUT2D eigenvalue weighted by Crippen LogP contribution is -1.93. The summed E-state index contributed by atoms with van der Waals surface area (Å²) in [5, 5.41) is 1.27. The first kappa shape index (κ1) is 12.1. The van der Waals surface area contributed by atoms with E-state index in [2.05, 4.69) is 15.0 Å². The molecule has 5 nitrogen and oxygen atoms in total. The average molecular weight is 299 g/mol. The summed E-state index contributed by atoms with van der Waals surface area (Å²) in [5.74, 6) is 0.0285. The van der Waals surface area contributed by atoms with Crippen molar-refractivity contribution in [1.82, 2.24) is 15.0 Å². The number of pyridine rings is 1. The molecule has 0 unspecified atom stereocenters. The molecule has 0 bridgehead atoms. The number of aromatic amines is 1. The number of H-pyrrole nitrogens is 1. The molecule has 0 saturated heterocycles. The normalized spacial score (nSPS) is 11.5. The molecular formula is C14H10FN5S. The molecule has 0 amide bonds. The molecular weight excluding hydrogens is 289 g/mol. The van der Waals surface area contributed by atoms with Gasteiger partial charge in [-0.2, -0.15) is 0 Å². The van der Waals surface area contributed by atoms with E-state index in [1.165, 1.54) is 23.5 Å². The van der Waals surface area contributed by atoms with E-state index < -0.39 is 0 Å². The van der Waals surface area contributed by atoms with Crippen molar-refractivity contribution in [1.29, 1.82) is 0 Å². The monoisotopic (exact) mass is 299 g/mol. The van der Waals surface area contributed by atoms with Gasteiger partial charge in [0, 0.05) is 17.1 Å². The number of hydrogen-bond acceptors (Lipinski definition) is 5. The van der Waals surface area contributed by atoms with E-state index in [0.717, 1.165) is 10.9 Å². The summed E-state index contributed by atoms with van der Waals surface area (Å²) in [5.41, 5.74) is 14.4. The van der Waals surface area contributed by atoms with Crippen LogP contribution < -0.4 is 11.5 Å². The highest BCUT2D eigenvalue weighted by Crippen LogP contribution is 2.37. The van der Waals surface area contributed by atoms with Crippen LogP contribution in [-0.2, 0) is 0 Å². The standard InChI is InChI=1S/C14H10FN5S/c15-6-3-9(12-10(4-6)21-14(17)20-12)8-5-11(16)19-13-7(8)1-2-18-13/h1-5H,(H2,17,20)(H3,16,18,19). The number of fused-ring (bicyclic) bond motifs is 2. The first-order chi connectivity index (χ1) is 10.1. The number of nitrogens with zero attached hydrogens (tertiary/aromatic N) is 2. The summed E-state index contributed by atoms with van der Waals surface area (Å²) in [6, 6.07) is 6.48. The van der Waals surface area contributed by atoms with Crippen molar-refractivity contribution in [2.45, 2.75) is 0 Å². The van der Waals surface area contributed by atoms with Crippen molar-refractivity contribution in [3.05, 3.63) is 36.3 Å².